The summed E-state index contributed by atoms with van der Waals surface area (Å²) in [5, 5.41) is 0.922. The molecule has 0 aromatic carbocycles. The van der Waals surface area contributed by atoms with Crippen LogP contribution in [-0.2, 0) is 19.4 Å². The highest BCUT2D eigenvalue weighted by Gasteiger charge is 2.29. The molecule has 2 aliphatic carbocycles. The van der Waals surface area contributed by atoms with Crippen LogP contribution in [-0.4, -0.2) is 9.55 Å². The number of nitrogens with one attached hydrogen (secondary N) is 1. The summed E-state index contributed by atoms with van der Waals surface area (Å²) in [6, 6.07) is 0. The SMILES string of the molecule is CC(Cn1c(=S)[nH]c2sc3c(c2c1=O)CCCC3)C1CC1. The maximum atomic E-state index is 12.9. The van der Waals surface area contributed by atoms with Crippen molar-refractivity contribution in [1.82, 2.24) is 9.55 Å². The molecule has 0 radical (unpaired) electrons. The minimum Gasteiger partial charge on any atom is -0.323 e. The molecule has 2 aromatic rings. The highest BCUT2D eigenvalue weighted by atomic mass is 32.1. The second-order valence-corrected chi connectivity index (χ2v) is 8.07. The van der Waals surface area contributed by atoms with E-state index in [0.717, 1.165) is 35.5 Å². The molecule has 4 rings (SSSR count). The van der Waals surface area contributed by atoms with Crippen molar-refractivity contribution >= 4 is 33.8 Å². The topological polar surface area (TPSA) is 37.8 Å². The van der Waals surface area contributed by atoms with Crippen LogP contribution < -0.4 is 5.56 Å². The van der Waals surface area contributed by atoms with Crippen LogP contribution in [0, 0.1) is 16.6 Å². The van der Waals surface area contributed by atoms with Crippen molar-refractivity contribution in [2.75, 3.05) is 0 Å². The van der Waals surface area contributed by atoms with Gasteiger partial charge < -0.3 is 4.98 Å². The van der Waals surface area contributed by atoms with Crippen LogP contribution >= 0.6 is 23.6 Å². The zero-order valence-corrected chi connectivity index (χ0v) is 13.9. The number of thiophene rings is 1. The number of aromatic amines is 1. The third-order valence-corrected chi connectivity index (χ3v) is 6.52. The summed E-state index contributed by atoms with van der Waals surface area (Å²) < 4.78 is 2.40. The number of rotatable bonds is 3. The molecule has 0 aliphatic heterocycles. The Morgan fingerprint density at radius 2 is 2.14 bits per heavy atom. The van der Waals surface area contributed by atoms with Crippen molar-refractivity contribution in [1.29, 1.82) is 0 Å². The lowest BCUT2D eigenvalue weighted by atomic mass is 9.97. The van der Waals surface area contributed by atoms with E-state index in [9.17, 15) is 4.79 Å². The molecule has 2 heterocycles. The smallest absolute Gasteiger partial charge is 0.263 e. The largest absolute Gasteiger partial charge is 0.323 e. The zero-order chi connectivity index (χ0) is 14.6. The molecule has 1 fully saturated rings. The quantitative estimate of drug-likeness (QED) is 0.867. The molecule has 1 N–H and O–H groups in total. The van der Waals surface area contributed by atoms with Gasteiger partial charge in [0.15, 0.2) is 4.77 Å². The van der Waals surface area contributed by atoms with Crippen molar-refractivity contribution in [2.45, 2.75) is 52.0 Å². The predicted molar refractivity (Wildman–Crippen MR) is 89.8 cm³/mol. The van der Waals surface area contributed by atoms with Gasteiger partial charge in [-0.05, 0) is 68.1 Å². The van der Waals surface area contributed by atoms with E-state index in [1.807, 2.05) is 4.57 Å². The Labute approximate surface area is 133 Å². The summed E-state index contributed by atoms with van der Waals surface area (Å²) in [6.07, 6.45) is 7.23. The fraction of sp³-hybridized carbons (Fsp3) is 0.625. The van der Waals surface area contributed by atoms with Gasteiger partial charge in [-0.1, -0.05) is 6.92 Å². The molecule has 0 amide bonds. The monoisotopic (exact) mass is 320 g/mol. The Hall–Kier alpha value is -0.940. The van der Waals surface area contributed by atoms with Gasteiger partial charge in [-0.2, -0.15) is 0 Å². The normalized spacial score (nSPS) is 19.7. The lowest BCUT2D eigenvalue weighted by Gasteiger charge is -2.13. The van der Waals surface area contributed by atoms with E-state index in [-0.39, 0.29) is 5.56 Å². The van der Waals surface area contributed by atoms with Crippen molar-refractivity contribution in [3.63, 3.8) is 0 Å². The molecule has 3 nitrogen and oxygen atoms in total. The van der Waals surface area contributed by atoms with E-state index < -0.39 is 0 Å². The van der Waals surface area contributed by atoms with Crippen LogP contribution in [0.5, 0.6) is 0 Å². The molecule has 1 saturated carbocycles. The molecular weight excluding hydrogens is 300 g/mol. The summed E-state index contributed by atoms with van der Waals surface area (Å²) in [7, 11) is 0. The number of nitrogens with zero attached hydrogens (tertiary/aromatic N) is 1. The van der Waals surface area contributed by atoms with Crippen molar-refractivity contribution in [3.8, 4) is 0 Å². The molecule has 0 saturated heterocycles. The highest BCUT2D eigenvalue weighted by Crippen LogP contribution is 2.37. The first kappa shape index (κ1) is 13.7. The maximum Gasteiger partial charge on any atom is 0.263 e. The predicted octanol–water partition coefficient (Wildman–Crippen LogP) is 4.05. The molecule has 1 atom stereocenters. The standard InChI is InChI=1S/C16H20N2OS2/c1-9(10-6-7-10)8-18-15(19)13-11-4-2-3-5-12(11)21-14(13)17-16(18)20/h9-10H,2-8H2,1H3,(H,17,20). The Morgan fingerprint density at radius 3 is 2.90 bits per heavy atom. The van der Waals surface area contributed by atoms with Crippen LogP contribution in [0.2, 0.25) is 0 Å². The second-order valence-electron chi connectivity index (χ2n) is 6.58. The van der Waals surface area contributed by atoms with E-state index in [4.69, 9.17) is 12.2 Å². The molecule has 112 valence electrons. The minimum absolute atomic E-state index is 0.139. The average Bonchev–Trinajstić information content (AvgIpc) is 3.24. The molecule has 0 spiro atoms. The first-order valence-corrected chi connectivity index (χ1v) is 9.15. The summed E-state index contributed by atoms with van der Waals surface area (Å²) in [5.41, 5.74) is 1.44. The number of hydrogen-bond acceptors (Lipinski definition) is 3. The number of aromatic nitrogens is 2. The van der Waals surface area contributed by atoms with Crippen molar-refractivity contribution < 1.29 is 0 Å². The van der Waals surface area contributed by atoms with Crippen LogP contribution in [0.15, 0.2) is 4.79 Å². The van der Waals surface area contributed by atoms with Gasteiger partial charge in [0.2, 0.25) is 0 Å². The molecule has 2 aromatic heterocycles. The van der Waals surface area contributed by atoms with Crippen LogP contribution in [0.25, 0.3) is 10.2 Å². The molecule has 21 heavy (non-hydrogen) atoms. The molecule has 0 bridgehead atoms. The highest BCUT2D eigenvalue weighted by molar-refractivity contribution is 7.71. The van der Waals surface area contributed by atoms with Gasteiger partial charge in [0.05, 0.1) is 5.39 Å². The molecular formula is C16H20N2OS2. The Morgan fingerprint density at radius 1 is 1.38 bits per heavy atom. The van der Waals surface area contributed by atoms with E-state index >= 15 is 0 Å². The first-order valence-electron chi connectivity index (χ1n) is 7.92. The number of H-pyrrole nitrogens is 1. The van der Waals surface area contributed by atoms with Gasteiger partial charge >= 0.3 is 0 Å². The third kappa shape index (κ3) is 2.30. The third-order valence-electron chi connectivity index (χ3n) is 4.99. The van der Waals surface area contributed by atoms with E-state index in [1.165, 1.54) is 36.1 Å². The van der Waals surface area contributed by atoms with E-state index in [0.29, 0.717) is 10.7 Å². The second kappa shape index (κ2) is 5.06. The number of hydrogen-bond donors (Lipinski definition) is 1. The van der Waals surface area contributed by atoms with Gasteiger partial charge in [0.25, 0.3) is 5.56 Å². The fourth-order valence-electron chi connectivity index (χ4n) is 3.54. The van der Waals surface area contributed by atoms with Crippen LogP contribution in [0.4, 0.5) is 0 Å². The minimum atomic E-state index is 0.139. The van der Waals surface area contributed by atoms with Crippen LogP contribution in [0.3, 0.4) is 0 Å². The van der Waals surface area contributed by atoms with Gasteiger partial charge in [0.1, 0.15) is 4.83 Å². The molecule has 1 unspecified atom stereocenters. The summed E-state index contributed by atoms with van der Waals surface area (Å²) >= 11 is 7.19. The van der Waals surface area contributed by atoms with Crippen LogP contribution in [0.1, 0.15) is 43.0 Å². The van der Waals surface area contributed by atoms with E-state index in [2.05, 4.69) is 11.9 Å². The van der Waals surface area contributed by atoms with Gasteiger partial charge in [-0.3, -0.25) is 9.36 Å². The van der Waals surface area contributed by atoms with Crippen molar-refractivity contribution in [2.24, 2.45) is 11.8 Å². The van der Waals surface area contributed by atoms with Crippen molar-refractivity contribution in [3.05, 3.63) is 25.6 Å². The Kier molecular flexibility index (Phi) is 3.30. The zero-order valence-electron chi connectivity index (χ0n) is 12.3. The lowest BCUT2D eigenvalue weighted by Crippen LogP contribution is -2.26. The van der Waals surface area contributed by atoms with Gasteiger partial charge in [0, 0.05) is 11.4 Å². The Bertz CT molecular complexity index is 810. The van der Waals surface area contributed by atoms with Gasteiger partial charge in [-0.15, -0.1) is 11.3 Å². The van der Waals surface area contributed by atoms with E-state index in [1.54, 1.807) is 11.3 Å². The summed E-state index contributed by atoms with van der Waals surface area (Å²) in [4.78, 5) is 18.6. The maximum absolute atomic E-state index is 12.9. The summed E-state index contributed by atoms with van der Waals surface area (Å²) in [5.74, 6) is 1.34. The molecule has 5 heteroatoms. The average molecular weight is 320 g/mol. The number of fused-ring (bicyclic) bond motifs is 3. The lowest BCUT2D eigenvalue weighted by molar-refractivity contribution is 0.419. The van der Waals surface area contributed by atoms with Gasteiger partial charge in [-0.25, -0.2) is 0 Å². The first-order chi connectivity index (χ1) is 10.1. The summed E-state index contributed by atoms with van der Waals surface area (Å²) in [6.45, 7) is 3.01. The molecule has 2 aliphatic rings. The number of aryl methyl sites for hydroxylation is 2. The Balaban J connectivity index is 1.87. The fourth-order valence-corrected chi connectivity index (χ4v) is 5.14.